The summed E-state index contributed by atoms with van der Waals surface area (Å²) in [6.07, 6.45) is 0. The molecule has 112 valence electrons. The van der Waals surface area contributed by atoms with E-state index in [4.69, 9.17) is 26.2 Å². The molecule has 9 heteroatoms. The molecule has 6 nitrogen and oxygen atoms in total. The minimum atomic E-state index is -4.16. The average molecular weight is 326 g/mol. The lowest BCUT2D eigenvalue weighted by molar-refractivity contribution is 0.0335. The van der Waals surface area contributed by atoms with Crippen LogP contribution in [-0.4, -0.2) is 34.2 Å². The molecule has 1 rings (SSSR count). The van der Waals surface area contributed by atoms with E-state index in [1.807, 2.05) is 0 Å². The summed E-state index contributed by atoms with van der Waals surface area (Å²) in [5.74, 6) is -2.03. The predicted molar refractivity (Wildman–Crippen MR) is 69.6 cm³/mol. The Bertz CT molecular complexity index is 605. The Morgan fingerprint density at radius 3 is 2.60 bits per heavy atom. The van der Waals surface area contributed by atoms with Gasteiger partial charge in [-0.05, 0) is 19.1 Å². The number of primary sulfonamides is 1. The molecule has 0 atom stereocenters. The van der Waals surface area contributed by atoms with Crippen LogP contribution >= 0.6 is 11.6 Å². The molecule has 0 saturated carbocycles. The third-order valence-corrected chi connectivity index (χ3v) is 3.49. The van der Waals surface area contributed by atoms with Crippen LogP contribution in [0.15, 0.2) is 17.0 Å². The molecule has 0 saturated heterocycles. The standard InChI is InChI=1S/C11H13ClFNO5S/c1-2-18-3-4-19-11(15)8-5-7(20(14,16)17)6-9(13)10(8)12/h5-6H,2-4H2,1H3,(H2,14,16,17). The molecule has 0 heterocycles. The Kier molecular flexibility index (Phi) is 5.88. The number of halogens is 2. The summed E-state index contributed by atoms with van der Waals surface area (Å²) < 4.78 is 45.6. The predicted octanol–water partition coefficient (Wildman–Crippen LogP) is 1.32. The largest absolute Gasteiger partial charge is 0.460 e. The van der Waals surface area contributed by atoms with Gasteiger partial charge in [0.1, 0.15) is 12.4 Å². The number of carbonyl (C=O) groups is 1. The second-order valence-electron chi connectivity index (χ2n) is 3.64. The van der Waals surface area contributed by atoms with E-state index in [9.17, 15) is 17.6 Å². The maximum absolute atomic E-state index is 13.5. The van der Waals surface area contributed by atoms with Crippen LogP contribution in [-0.2, 0) is 19.5 Å². The Morgan fingerprint density at radius 2 is 2.05 bits per heavy atom. The van der Waals surface area contributed by atoms with E-state index in [0.717, 1.165) is 6.07 Å². The molecule has 0 unspecified atom stereocenters. The minimum absolute atomic E-state index is 0.0653. The average Bonchev–Trinajstić information content (AvgIpc) is 2.36. The van der Waals surface area contributed by atoms with Crippen molar-refractivity contribution in [3.05, 3.63) is 28.5 Å². The SMILES string of the molecule is CCOCCOC(=O)c1cc(S(N)(=O)=O)cc(F)c1Cl. The highest BCUT2D eigenvalue weighted by molar-refractivity contribution is 7.89. The summed E-state index contributed by atoms with van der Waals surface area (Å²) in [4.78, 5) is 11.1. The third-order valence-electron chi connectivity index (χ3n) is 2.22. The van der Waals surface area contributed by atoms with Crippen LogP contribution in [0.1, 0.15) is 17.3 Å². The van der Waals surface area contributed by atoms with E-state index < -0.39 is 37.3 Å². The summed E-state index contributed by atoms with van der Waals surface area (Å²) in [5, 5.41) is 4.35. The molecule has 0 aliphatic rings. The topological polar surface area (TPSA) is 95.7 Å². The van der Waals surface area contributed by atoms with Crippen LogP contribution in [0.5, 0.6) is 0 Å². The van der Waals surface area contributed by atoms with Gasteiger partial charge >= 0.3 is 5.97 Å². The van der Waals surface area contributed by atoms with Crippen LogP contribution in [0, 0.1) is 5.82 Å². The van der Waals surface area contributed by atoms with Crippen LogP contribution < -0.4 is 5.14 Å². The quantitative estimate of drug-likeness (QED) is 0.628. The smallest absolute Gasteiger partial charge is 0.339 e. The van der Waals surface area contributed by atoms with E-state index in [1.54, 1.807) is 6.92 Å². The maximum atomic E-state index is 13.5. The second-order valence-corrected chi connectivity index (χ2v) is 5.58. The first-order chi connectivity index (χ1) is 9.27. The summed E-state index contributed by atoms with van der Waals surface area (Å²) in [7, 11) is -4.16. The zero-order valence-corrected chi connectivity index (χ0v) is 12.1. The minimum Gasteiger partial charge on any atom is -0.460 e. The number of carbonyl (C=O) groups excluding carboxylic acids is 1. The van der Waals surface area contributed by atoms with Crippen molar-refractivity contribution in [2.45, 2.75) is 11.8 Å². The van der Waals surface area contributed by atoms with Crippen molar-refractivity contribution in [2.75, 3.05) is 19.8 Å². The second kappa shape index (κ2) is 6.98. The molecule has 0 aliphatic carbocycles. The van der Waals surface area contributed by atoms with Gasteiger partial charge in [0, 0.05) is 6.61 Å². The molecule has 1 aromatic carbocycles. The lowest BCUT2D eigenvalue weighted by atomic mass is 10.2. The molecule has 20 heavy (non-hydrogen) atoms. The lowest BCUT2D eigenvalue weighted by Gasteiger charge is -2.08. The third kappa shape index (κ3) is 4.41. The van der Waals surface area contributed by atoms with Crippen LogP contribution in [0.4, 0.5) is 4.39 Å². The molecular weight excluding hydrogens is 313 g/mol. The number of rotatable bonds is 6. The Morgan fingerprint density at radius 1 is 1.40 bits per heavy atom. The summed E-state index contributed by atoms with van der Waals surface area (Å²) in [5.41, 5.74) is -0.410. The summed E-state index contributed by atoms with van der Waals surface area (Å²) in [6.45, 7) is 2.32. The summed E-state index contributed by atoms with van der Waals surface area (Å²) >= 11 is 5.61. The zero-order chi connectivity index (χ0) is 15.3. The first-order valence-electron chi connectivity index (χ1n) is 5.54. The van der Waals surface area contributed by atoms with Gasteiger partial charge in [-0.1, -0.05) is 11.6 Å². The van der Waals surface area contributed by atoms with Crippen LogP contribution in [0.2, 0.25) is 5.02 Å². The van der Waals surface area contributed by atoms with E-state index in [1.165, 1.54) is 0 Å². The first-order valence-corrected chi connectivity index (χ1v) is 7.46. The number of nitrogens with two attached hydrogens (primary N) is 1. The van der Waals surface area contributed by atoms with Crippen molar-refractivity contribution in [2.24, 2.45) is 5.14 Å². The van der Waals surface area contributed by atoms with Crippen LogP contribution in [0.25, 0.3) is 0 Å². The van der Waals surface area contributed by atoms with Gasteiger partial charge in [-0.2, -0.15) is 0 Å². The lowest BCUT2D eigenvalue weighted by Crippen LogP contribution is -2.16. The molecule has 0 fully saturated rings. The number of esters is 1. The number of sulfonamides is 1. The van der Waals surface area contributed by atoms with Gasteiger partial charge in [0.2, 0.25) is 10.0 Å². The highest BCUT2D eigenvalue weighted by atomic mass is 35.5. The number of hydrogen-bond acceptors (Lipinski definition) is 5. The Balaban J connectivity index is 2.99. The molecule has 0 aliphatic heterocycles. The molecule has 0 spiro atoms. The number of benzene rings is 1. The highest BCUT2D eigenvalue weighted by Gasteiger charge is 2.20. The molecule has 0 bridgehead atoms. The van der Waals surface area contributed by atoms with Crippen molar-refractivity contribution < 1.29 is 27.1 Å². The van der Waals surface area contributed by atoms with Gasteiger partial charge in [0.25, 0.3) is 0 Å². The van der Waals surface area contributed by atoms with Gasteiger partial charge in [-0.15, -0.1) is 0 Å². The van der Waals surface area contributed by atoms with Crippen molar-refractivity contribution in [1.82, 2.24) is 0 Å². The van der Waals surface area contributed by atoms with Crippen molar-refractivity contribution in [1.29, 1.82) is 0 Å². The molecule has 2 N–H and O–H groups in total. The number of ether oxygens (including phenoxy) is 2. The summed E-state index contributed by atoms with van der Waals surface area (Å²) in [6, 6.07) is 1.50. The molecule has 1 aromatic rings. The molecule has 0 amide bonds. The first kappa shape index (κ1) is 16.8. The Hall–Kier alpha value is -1.22. The van der Waals surface area contributed by atoms with E-state index >= 15 is 0 Å². The van der Waals surface area contributed by atoms with E-state index in [2.05, 4.69) is 0 Å². The Labute approximate surface area is 120 Å². The fourth-order valence-electron chi connectivity index (χ4n) is 1.29. The maximum Gasteiger partial charge on any atom is 0.339 e. The van der Waals surface area contributed by atoms with Gasteiger partial charge < -0.3 is 9.47 Å². The fraction of sp³-hybridized carbons (Fsp3) is 0.364. The van der Waals surface area contributed by atoms with Gasteiger partial charge in [-0.25, -0.2) is 22.7 Å². The van der Waals surface area contributed by atoms with Gasteiger partial charge in [0.05, 0.1) is 22.1 Å². The fourth-order valence-corrected chi connectivity index (χ4v) is 2.03. The van der Waals surface area contributed by atoms with E-state index in [0.29, 0.717) is 12.7 Å². The van der Waals surface area contributed by atoms with Gasteiger partial charge in [0.15, 0.2) is 0 Å². The van der Waals surface area contributed by atoms with Crippen LogP contribution in [0.3, 0.4) is 0 Å². The van der Waals surface area contributed by atoms with Crippen molar-refractivity contribution in [3.63, 3.8) is 0 Å². The van der Waals surface area contributed by atoms with Crippen molar-refractivity contribution in [3.8, 4) is 0 Å². The molecular formula is C11H13ClFNO5S. The number of hydrogen-bond donors (Lipinski definition) is 1. The normalized spacial score (nSPS) is 11.4. The zero-order valence-electron chi connectivity index (χ0n) is 10.6. The van der Waals surface area contributed by atoms with E-state index in [-0.39, 0.29) is 13.2 Å². The molecule has 0 radical (unpaired) electrons. The molecule has 0 aromatic heterocycles. The highest BCUT2D eigenvalue weighted by Crippen LogP contribution is 2.24. The van der Waals surface area contributed by atoms with Gasteiger partial charge in [-0.3, -0.25) is 0 Å². The van der Waals surface area contributed by atoms with Crippen molar-refractivity contribution >= 4 is 27.6 Å². The monoisotopic (exact) mass is 325 g/mol.